The van der Waals surface area contributed by atoms with Crippen molar-refractivity contribution in [2.45, 2.75) is 25.3 Å². The minimum absolute atomic E-state index is 0.0525. The van der Waals surface area contributed by atoms with E-state index in [4.69, 9.17) is 16.3 Å². The summed E-state index contributed by atoms with van der Waals surface area (Å²) in [5, 5.41) is 3.02. The zero-order valence-electron chi connectivity index (χ0n) is 12.7. The van der Waals surface area contributed by atoms with Crippen molar-refractivity contribution in [1.29, 1.82) is 0 Å². The number of alkyl halides is 1. The number of nitrogens with one attached hydrogen (secondary N) is 1. The number of rotatable bonds is 5. The standard InChI is InChI=1S/C16H23ClN2O2/c1-16(2,19-6-8-21-9-7-19)12-18-15(20)14-5-3-4-13(10-14)11-17/h3-5,10H,6-9,11-12H2,1-2H3,(H,18,20). The zero-order chi connectivity index (χ0) is 15.3. The molecule has 5 heteroatoms. The molecular weight excluding hydrogens is 288 g/mol. The Morgan fingerprint density at radius 3 is 2.76 bits per heavy atom. The van der Waals surface area contributed by atoms with Crippen molar-refractivity contribution >= 4 is 17.5 Å². The average Bonchev–Trinajstić information content (AvgIpc) is 2.53. The molecule has 0 bridgehead atoms. The Balaban J connectivity index is 1.93. The Hall–Kier alpha value is -1.10. The van der Waals surface area contributed by atoms with E-state index in [0.29, 0.717) is 18.0 Å². The molecule has 0 saturated carbocycles. The Bertz CT molecular complexity index is 485. The van der Waals surface area contributed by atoms with Crippen LogP contribution in [0.4, 0.5) is 0 Å². The summed E-state index contributed by atoms with van der Waals surface area (Å²) in [7, 11) is 0. The highest BCUT2D eigenvalue weighted by Gasteiger charge is 2.28. The van der Waals surface area contributed by atoms with E-state index in [2.05, 4.69) is 24.1 Å². The van der Waals surface area contributed by atoms with Crippen LogP contribution in [0.15, 0.2) is 24.3 Å². The van der Waals surface area contributed by atoms with E-state index in [1.54, 1.807) is 0 Å². The molecule has 1 saturated heterocycles. The second kappa shape index (κ2) is 7.25. The molecule has 0 atom stereocenters. The van der Waals surface area contributed by atoms with Crippen molar-refractivity contribution in [1.82, 2.24) is 10.2 Å². The summed E-state index contributed by atoms with van der Waals surface area (Å²) >= 11 is 5.80. The summed E-state index contributed by atoms with van der Waals surface area (Å²) in [6.45, 7) is 8.23. The molecule has 0 radical (unpaired) electrons. The number of carbonyl (C=O) groups excluding carboxylic acids is 1. The number of benzene rings is 1. The molecule has 0 unspecified atom stereocenters. The van der Waals surface area contributed by atoms with Crippen LogP contribution in [-0.4, -0.2) is 49.2 Å². The van der Waals surface area contributed by atoms with Crippen molar-refractivity contribution in [3.63, 3.8) is 0 Å². The Kier molecular flexibility index (Phi) is 5.62. The number of halogens is 1. The molecule has 1 aliphatic heterocycles. The maximum absolute atomic E-state index is 12.2. The first-order valence-electron chi connectivity index (χ1n) is 7.29. The molecule has 1 N–H and O–H groups in total. The molecular formula is C16H23ClN2O2. The number of amides is 1. The summed E-state index contributed by atoms with van der Waals surface area (Å²) in [6.07, 6.45) is 0. The smallest absolute Gasteiger partial charge is 0.251 e. The largest absolute Gasteiger partial charge is 0.379 e. The first-order chi connectivity index (χ1) is 10.0. The maximum Gasteiger partial charge on any atom is 0.251 e. The minimum Gasteiger partial charge on any atom is -0.379 e. The predicted octanol–water partition coefficient (Wildman–Crippen LogP) is 2.27. The van der Waals surface area contributed by atoms with E-state index in [1.165, 1.54) is 0 Å². The Morgan fingerprint density at radius 2 is 2.10 bits per heavy atom. The third-order valence-corrected chi connectivity index (χ3v) is 4.20. The summed E-state index contributed by atoms with van der Waals surface area (Å²) in [5.41, 5.74) is 1.53. The van der Waals surface area contributed by atoms with Gasteiger partial charge in [-0.05, 0) is 31.5 Å². The van der Waals surface area contributed by atoms with Gasteiger partial charge >= 0.3 is 0 Å². The van der Waals surface area contributed by atoms with Crippen LogP contribution < -0.4 is 5.32 Å². The number of morpholine rings is 1. The highest BCUT2D eigenvalue weighted by molar-refractivity contribution is 6.17. The highest BCUT2D eigenvalue weighted by Crippen LogP contribution is 2.15. The van der Waals surface area contributed by atoms with Gasteiger partial charge < -0.3 is 10.1 Å². The summed E-state index contributed by atoms with van der Waals surface area (Å²) in [6, 6.07) is 7.43. The number of hydrogen-bond acceptors (Lipinski definition) is 3. The number of ether oxygens (including phenoxy) is 1. The SMILES string of the molecule is CC(C)(CNC(=O)c1cccc(CCl)c1)N1CCOCC1. The molecule has 0 aromatic heterocycles. The van der Waals surface area contributed by atoms with Gasteiger partial charge in [-0.3, -0.25) is 9.69 Å². The Morgan fingerprint density at radius 1 is 1.38 bits per heavy atom. The van der Waals surface area contributed by atoms with E-state index >= 15 is 0 Å². The van der Waals surface area contributed by atoms with Gasteiger partial charge in [0.05, 0.1) is 13.2 Å². The van der Waals surface area contributed by atoms with Gasteiger partial charge in [0.2, 0.25) is 0 Å². The van der Waals surface area contributed by atoms with Crippen molar-refractivity contribution in [3.05, 3.63) is 35.4 Å². The molecule has 21 heavy (non-hydrogen) atoms. The molecule has 4 nitrogen and oxygen atoms in total. The highest BCUT2D eigenvalue weighted by atomic mass is 35.5. The Labute approximate surface area is 131 Å². The van der Waals surface area contributed by atoms with Gasteiger partial charge in [0.25, 0.3) is 5.91 Å². The lowest BCUT2D eigenvalue weighted by Gasteiger charge is -2.40. The van der Waals surface area contributed by atoms with E-state index in [-0.39, 0.29) is 11.4 Å². The van der Waals surface area contributed by atoms with Crippen molar-refractivity contribution in [2.75, 3.05) is 32.8 Å². The number of nitrogens with zero attached hydrogens (tertiary/aromatic N) is 1. The van der Waals surface area contributed by atoms with E-state index in [0.717, 1.165) is 31.9 Å². The molecule has 1 aromatic rings. The molecule has 2 rings (SSSR count). The quantitative estimate of drug-likeness (QED) is 0.848. The molecule has 1 fully saturated rings. The lowest BCUT2D eigenvalue weighted by Crippen LogP contribution is -2.55. The van der Waals surface area contributed by atoms with Crippen LogP contribution in [0.5, 0.6) is 0 Å². The second-order valence-electron chi connectivity index (χ2n) is 5.93. The van der Waals surface area contributed by atoms with E-state index in [9.17, 15) is 4.79 Å². The lowest BCUT2D eigenvalue weighted by molar-refractivity contribution is -0.00923. The number of carbonyl (C=O) groups is 1. The van der Waals surface area contributed by atoms with Gasteiger partial charge in [-0.25, -0.2) is 0 Å². The van der Waals surface area contributed by atoms with Crippen molar-refractivity contribution in [2.24, 2.45) is 0 Å². The summed E-state index contributed by atoms with van der Waals surface area (Å²) < 4.78 is 5.37. The van der Waals surface area contributed by atoms with Crippen LogP contribution in [0.1, 0.15) is 29.8 Å². The summed E-state index contributed by atoms with van der Waals surface area (Å²) in [4.78, 5) is 14.6. The van der Waals surface area contributed by atoms with Crippen LogP contribution in [0.25, 0.3) is 0 Å². The molecule has 0 spiro atoms. The van der Waals surface area contributed by atoms with Crippen molar-refractivity contribution < 1.29 is 9.53 Å². The molecule has 1 amide bonds. The topological polar surface area (TPSA) is 41.6 Å². The van der Waals surface area contributed by atoms with Crippen molar-refractivity contribution in [3.8, 4) is 0 Å². The fourth-order valence-electron chi connectivity index (χ4n) is 2.47. The van der Waals surface area contributed by atoms with Gasteiger partial charge in [-0.1, -0.05) is 12.1 Å². The third kappa shape index (κ3) is 4.43. The van der Waals surface area contributed by atoms with Crippen LogP contribution in [0, 0.1) is 0 Å². The van der Waals surface area contributed by atoms with Gasteiger partial charge in [0, 0.05) is 36.6 Å². The van der Waals surface area contributed by atoms with E-state index < -0.39 is 0 Å². The molecule has 1 aliphatic rings. The van der Waals surface area contributed by atoms with Crippen LogP contribution in [-0.2, 0) is 10.6 Å². The predicted molar refractivity (Wildman–Crippen MR) is 84.8 cm³/mol. The fourth-order valence-corrected chi connectivity index (χ4v) is 2.64. The zero-order valence-corrected chi connectivity index (χ0v) is 13.4. The van der Waals surface area contributed by atoms with E-state index in [1.807, 2.05) is 24.3 Å². The molecule has 1 aromatic carbocycles. The fraction of sp³-hybridized carbons (Fsp3) is 0.562. The van der Waals surface area contributed by atoms with Gasteiger partial charge in [-0.15, -0.1) is 11.6 Å². The summed E-state index contributed by atoms with van der Waals surface area (Å²) in [5.74, 6) is 0.365. The van der Waals surface area contributed by atoms with Crippen LogP contribution in [0.3, 0.4) is 0 Å². The minimum atomic E-state index is -0.0798. The first kappa shape index (κ1) is 16.3. The maximum atomic E-state index is 12.2. The van der Waals surface area contributed by atoms with Crippen LogP contribution in [0.2, 0.25) is 0 Å². The normalized spacial score (nSPS) is 16.7. The second-order valence-corrected chi connectivity index (χ2v) is 6.20. The monoisotopic (exact) mass is 310 g/mol. The number of hydrogen-bond donors (Lipinski definition) is 1. The van der Waals surface area contributed by atoms with Gasteiger partial charge in [0.1, 0.15) is 0 Å². The average molecular weight is 311 g/mol. The lowest BCUT2D eigenvalue weighted by atomic mass is 10.0. The van der Waals surface area contributed by atoms with Gasteiger partial charge in [-0.2, -0.15) is 0 Å². The molecule has 0 aliphatic carbocycles. The third-order valence-electron chi connectivity index (χ3n) is 3.89. The van der Waals surface area contributed by atoms with Gasteiger partial charge in [0.15, 0.2) is 0 Å². The molecule has 116 valence electrons. The first-order valence-corrected chi connectivity index (χ1v) is 7.82. The van der Waals surface area contributed by atoms with Crippen LogP contribution >= 0.6 is 11.6 Å². The molecule has 1 heterocycles.